The van der Waals surface area contributed by atoms with Crippen molar-refractivity contribution < 1.29 is 22.0 Å². The minimum atomic E-state index is -4.40. The van der Waals surface area contributed by atoms with Crippen LogP contribution in [-0.2, 0) is 9.05 Å². The summed E-state index contributed by atoms with van der Waals surface area (Å²) in [6, 6.07) is 0.980. The predicted molar refractivity (Wildman–Crippen MR) is 73.7 cm³/mol. The van der Waals surface area contributed by atoms with Crippen molar-refractivity contribution in [1.29, 1.82) is 0 Å². The van der Waals surface area contributed by atoms with Crippen LogP contribution in [0.15, 0.2) is 17.0 Å². The highest BCUT2D eigenvalue weighted by Gasteiger charge is 2.37. The summed E-state index contributed by atoms with van der Waals surface area (Å²) in [4.78, 5) is 11.2. The van der Waals surface area contributed by atoms with E-state index in [9.17, 15) is 22.0 Å². The van der Waals surface area contributed by atoms with Crippen molar-refractivity contribution in [2.24, 2.45) is 0 Å². The van der Waals surface area contributed by atoms with E-state index in [1.807, 2.05) is 6.92 Å². The Bertz CT molecular complexity index is 681. The van der Waals surface area contributed by atoms with Crippen LogP contribution in [-0.4, -0.2) is 19.9 Å². The van der Waals surface area contributed by atoms with Crippen molar-refractivity contribution in [3.8, 4) is 0 Å². The van der Waals surface area contributed by atoms with Gasteiger partial charge in [-0.1, -0.05) is 6.92 Å². The summed E-state index contributed by atoms with van der Waals surface area (Å²) in [5.74, 6) is -3.22. The van der Waals surface area contributed by atoms with Crippen LogP contribution in [0.3, 0.4) is 0 Å². The minimum Gasteiger partial charge on any atom is -0.347 e. The predicted octanol–water partition coefficient (Wildman–Crippen LogP) is 2.95. The lowest BCUT2D eigenvalue weighted by molar-refractivity contribution is 0.0816. The first-order chi connectivity index (χ1) is 9.68. The van der Waals surface area contributed by atoms with Gasteiger partial charge in [0.25, 0.3) is 15.0 Å². The number of carbonyl (C=O) groups excluding carboxylic acids is 1. The molecule has 21 heavy (non-hydrogen) atoms. The van der Waals surface area contributed by atoms with E-state index in [0.29, 0.717) is 18.6 Å². The fourth-order valence-corrected chi connectivity index (χ4v) is 3.27. The molecule has 1 fully saturated rings. The number of rotatable bonds is 4. The summed E-state index contributed by atoms with van der Waals surface area (Å²) < 4.78 is 49.6. The van der Waals surface area contributed by atoms with Crippen molar-refractivity contribution in [3.63, 3.8) is 0 Å². The van der Waals surface area contributed by atoms with Gasteiger partial charge in [-0.3, -0.25) is 4.79 Å². The second-order valence-corrected chi connectivity index (χ2v) is 7.68. The van der Waals surface area contributed by atoms with E-state index >= 15 is 0 Å². The molecule has 0 radical (unpaired) electrons. The number of benzene rings is 1. The first-order valence-corrected chi connectivity index (χ1v) is 8.76. The number of amides is 1. The van der Waals surface area contributed by atoms with Crippen LogP contribution in [0.5, 0.6) is 0 Å². The van der Waals surface area contributed by atoms with E-state index in [4.69, 9.17) is 10.7 Å². The number of nitrogens with one attached hydrogen (secondary N) is 1. The number of hydrogen-bond acceptors (Lipinski definition) is 3. The van der Waals surface area contributed by atoms with Crippen molar-refractivity contribution >= 4 is 25.6 Å². The highest BCUT2D eigenvalue weighted by molar-refractivity contribution is 8.13. The summed E-state index contributed by atoms with van der Waals surface area (Å²) in [5.41, 5.74) is -0.923. The Balaban J connectivity index is 2.37. The molecule has 0 spiro atoms. The molecule has 4 nitrogen and oxygen atoms in total. The molecule has 0 atom stereocenters. The molecule has 1 aliphatic carbocycles. The minimum absolute atomic E-state index is 0.351. The summed E-state index contributed by atoms with van der Waals surface area (Å²) in [7, 11) is 0.673. The monoisotopic (exact) mass is 337 g/mol. The standard InChI is InChI=1S/C13H14ClF2NO3S/c1-2-13(4-3-5-13)17-12(18)8-6-11(21(14,19)20)10(16)7-9(8)15/h6-7H,2-5H2,1H3,(H,17,18). The van der Waals surface area contributed by atoms with Crippen LogP contribution in [0.2, 0.25) is 0 Å². The van der Waals surface area contributed by atoms with Crippen LogP contribution in [0.25, 0.3) is 0 Å². The zero-order chi connectivity index (χ0) is 15.8. The second kappa shape index (κ2) is 5.53. The summed E-state index contributed by atoms with van der Waals surface area (Å²) >= 11 is 0. The van der Waals surface area contributed by atoms with Crippen LogP contribution in [0.1, 0.15) is 43.0 Å². The van der Waals surface area contributed by atoms with Crippen molar-refractivity contribution in [3.05, 3.63) is 29.3 Å². The third-order valence-corrected chi connectivity index (χ3v) is 5.23. The number of hydrogen-bond donors (Lipinski definition) is 1. The molecule has 2 rings (SSSR count). The third kappa shape index (κ3) is 3.18. The lowest BCUT2D eigenvalue weighted by Gasteiger charge is -2.42. The molecule has 1 saturated carbocycles. The van der Waals surface area contributed by atoms with E-state index in [2.05, 4.69) is 5.32 Å². The van der Waals surface area contributed by atoms with Crippen LogP contribution in [0, 0.1) is 11.6 Å². The van der Waals surface area contributed by atoms with Gasteiger partial charge in [-0.25, -0.2) is 17.2 Å². The maximum absolute atomic E-state index is 13.7. The SMILES string of the molecule is CCC1(NC(=O)c2cc(S(=O)(=O)Cl)c(F)cc2F)CCC1. The molecule has 8 heteroatoms. The zero-order valence-electron chi connectivity index (χ0n) is 11.3. The Labute approximate surface area is 125 Å². The smallest absolute Gasteiger partial charge is 0.264 e. The largest absolute Gasteiger partial charge is 0.347 e. The van der Waals surface area contributed by atoms with Gasteiger partial charge in [-0.05, 0) is 31.7 Å². The van der Waals surface area contributed by atoms with Gasteiger partial charge in [0.05, 0.1) is 5.56 Å². The molecule has 1 N–H and O–H groups in total. The van der Waals surface area contributed by atoms with E-state index in [1.165, 1.54) is 0 Å². The number of halogens is 3. The highest BCUT2D eigenvalue weighted by atomic mass is 35.7. The first kappa shape index (κ1) is 16.2. The lowest BCUT2D eigenvalue weighted by atomic mass is 9.74. The Morgan fingerprint density at radius 2 is 1.95 bits per heavy atom. The molecule has 0 aliphatic heterocycles. The van der Waals surface area contributed by atoms with Gasteiger partial charge in [0.1, 0.15) is 16.5 Å². The fourth-order valence-electron chi connectivity index (χ4n) is 2.37. The van der Waals surface area contributed by atoms with Gasteiger partial charge < -0.3 is 5.32 Å². The first-order valence-electron chi connectivity index (χ1n) is 6.45. The Kier molecular flexibility index (Phi) is 4.26. The van der Waals surface area contributed by atoms with E-state index in [0.717, 1.165) is 19.3 Å². The lowest BCUT2D eigenvalue weighted by Crippen LogP contribution is -2.53. The molecule has 116 valence electrons. The van der Waals surface area contributed by atoms with Gasteiger partial charge in [0.15, 0.2) is 0 Å². The summed E-state index contributed by atoms with van der Waals surface area (Å²) in [5, 5.41) is 2.70. The molecular formula is C13H14ClF2NO3S. The van der Waals surface area contributed by atoms with Gasteiger partial charge >= 0.3 is 0 Å². The van der Waals surface area contributed by atoms with Crippen molar-refractivity contribution in [2.75, 3.05) is 0 Å². The molecule has 0 unspecified atom stereocenters. The average molecular weight is 338 g/mol. The zero-order valence-corrected chi connectivity index (χ0v) is 12.8. The third-order valence-electron chi connectivity index (χ3n) is 3.90. The van der Waals surface area contributed by atoms with Gasteiger partial charge in [0.2, 0.25) is 0 Å². The Hall–Kier alpha value is -1.21. The van der Waals surface area contributed by atoms with Crippen molar-refractivity contribution in [2.45, 2.75) is 43.0 Å². The van der Waals surface area contributed by atoms with Gasteiger partial charge in [-0.15, -0.1) is 0 Å². The van der Waals surface area contributed by atoms with Gasteiger partial charge in [-0.2, -0.15) is 0 Å². The van der Waals surface area contributed by atoms with Crippen LogP contribution >= 0.6 is 10.7 Å². The quantitative estimate of drug-likeness (QED) is 0.859. The van der Waals surface area contributed by atoms with E-state index < -0.39 is 42.6 Å². The molecule has 1 aromatic rings. The fraction of sp³-hybridized carbons (Fsp3) is 0.462. The Morgan fingerprint density at radius 3 is 2.38 bits per heavy atom. The van der Waals surface area contributed by atoms with Crippen molar-refractivity contribution in [1.82, 2.24) is 5.32 Å². The summed E-state index contributed by atoms with van der Waals surface area (Å²) in [6.07, 6.45) is 3.20. The van der Waals surface area contributed by atoms with E-state index in [1.54, 1.807) is 0 Å². The normalized spacial score (nSPS) is 17.1. The van der Waals surface area contributed by atoms with E-state index in [-0.39, 0.29) is 0 Å². The molecule has 1 amide bonds. The summed E-state index contributed by atoms with van der Waals surface area (Å²) in [6.45, 7) is 1.90. The van der Waals surface area contributed by atoms with Crippen LogP contribution in [0.4, 0.5) is 8.78 Å². The highest BCUT2D eigenvalue weighted by Crippen LogP contribution is 2.35. The maximum atomic E-state index is 13.7. The second-order valence-electron chi connectivity index (χ2n) is 5.14. The maximum Gasteiger partial charge on any atom is 0.264 e. The number of carbonyl (C=O) groups is 1. The molecule has 0 bridgehead atoms. The molecule has 1 aliphatic rings. The molecule has 0 aromatic heterocycles. The molecular weight excluding hydrogens is 324 g/mol. The molecule has 0 heterocycles. The molecule has 1 aromatic carbocycles. The van der Waals surface area contributed by atoms with Gasteiger partial charge in [0, 0.05) is 22.3 Å². The Morgan fingerprint density at radius 1 is 1.33 bits per heavy atom. The van der Waals surface area contributed by atoms with Crippen LogP contribution < -0.4 is 5.32 Å². The molecule has 0 saturated heterocycles. The average Bonchev–Trinajstić information content (AvgIpc) is 2.31. The topological polar surface area (TPSA) is 63.2 Å².